The van der Waals surface area contributed by atoms with Crippen molar-refractivity contribution in [2.75, 3.05) is 5.75 Å². The Labute approximate surface area is 104 Å². The van der Waals surface area contributed by atoms with Crippen molar-refractivity contribution in [1.29, 1.82) is 0 Å². The molecular weight excluding hydrogens is 238 g/mol. The van der Waals surface area contributed by atoms with Gasteiger partial charge in [-0.25, -0.2) is 4.79 Å². The van der Waals surface area contributed by atoms with Crippen molar-refractivity contribution in [2.24, 2.45) is 4.99 Å². The first-order valence-electron chi connectivity index (χ1n) is 5.40. The fourth-order valence-electron chi connectivity index (χ4n) is 1.30. The summed E-state index contributed by atoms with van der Waals surface area (Å²) in [7, 11) is 0. The third kappa shape index (κ3) is 3.23. The first-order valence-corrected chi connectivity index (χ1v) is 6.39. The summed E-state index contributed by atoms with van der Waals surface area (Å²) in [6.45, 7) is 4.00. The molecule has 17 heavy (non-hydrogen) atoms. The third-order valence-electron chi connectivity index (χ3n) is 2.07. The summed E-state index contributed by atoms with van der Waals surface area (Å²) in [5.74, 6) is -0.360. The van der Waals surface area contributed by atoms with Crippen LogP contribution in [0.5, 0.6) is 5.75 Å². The number of thioether (sulfide) groups is 1. The largest absolute Gasteiger partial charge is 0.507 e. The van der Waals surface area contributed by atoms with Gasteiger partial charge in [0, 0.05) is 11.3 Å². The minimum Gasteiger partial charge on any atom is -0.507 e. The average Bonchev–Trinajstić information content (AvgIpc) is 2.82. The van der Waals surface area contributed by atoms with Crippen LogP contribution in [0.4, 0.5) is 0 Å². The number of para-hydroxylation sites is 1. The highest BCUT2D eigenvalue weighted by Crippen LogP contribution is 2.28. The standard InChI is InChI=1S/C10H9NO3S.C2H6/c12-8-4-2-1-3-6(8)9-11-7(5-15-9)10(13)14;1-2/h1-4,7,12H,5H2,(H,13,14);1-2H3. The highest BCUT2D eigenvalue weighted by atomic mass is 32.2. The van der Waals surface area contributed by atoms with E-state index in [0.717, 1.165) is 0 Å². The smallest absolute Gasteiger partial charge is 0.329 e. The van der Waals surface area contributed by atoms with Gasteiger partial charge in [-0.3, -0.25) is 4.99 Å². The summed E-state index contributed by atoms with van der Waals surface area (Å²) in [5.41, 5.74) is 0.603. The summed E-state index contributed by atoms with van der Waals surface area (Å²) >= 11 is 1.36. The second-order valence-corrected chi connectivity index (χ2v) is 4.13. The number of rotatable bonds is 2. The number of carboxylic acid groups (broad SMARTS) is 1. The molecule has 2 rings (SSSR count). The number of aliphatic imine (C=N–C) groups is 1. The van der Waals surface area contributed by atoms with Crippen LogP contribution in [0.1, 0.15) is 19.4 Å². The summed E-state index contributed by atoms with van der Waals surface area (Å²) in [4.78, 5) is 14.7. The molecule has 0 spiro atoms. The molecular formula is C12H15NO3S. The number of aromatic hydroxyl groups is 1. The van der Waals surface area contributed by atoms with Crippen LogP contribution in [0.15, 0.2) is 29.3 Å². The van der Waals surface area contributed by atoms with Gasteiger partial charge in [0.05, 0.1) is 0 Å². The van der Waals surface area contributed by atoms with Crippen LogP contribution >= 0.6 is 11.8 Å². The van der Waals surface area contributed by atoms with E-state index >= 15 is 0 Å². The monoisotopic (exact) mass is 253 g/mol. The molecule has 92 valence electrons. The van der Waals surface area contributed by atoms with Crippen molar-refractivity contribution >= 4 is 22.8 Å². The van der Waals surface area contributed by atoms with Crippen molar-refractivity contribution in [3.05, 3.63) is 29.8 Å². The fraction of sp³-hybridized carbons (Fsp3) is 0.333. The lowest BCUT2D eigenvalue weighted by atomic mass is 10.2. The molecule has 1 unspecified atom stereocenters. The Hall–Kier alpha value is -1.49. The maximum Gasteiger partial charge on any atom is 0.329 e. The Kier molecular flexibility index (Phi) is 5.03. The molecule has 0 radical (unpaired) electrons. The molecule has 2 N–H and O–H groups in total. The molecule has 0 saturated heterocycles. The number of phenols is 1. The molecule has 1 aromatic carbocycles. The minimum atomic E-state index is -0.923. The van der Waals surface area contributed by atoms with E-state index in [2.05, 4.69) is 4.99 Å². The van der Waals surface area contributed by atoms with E-state index in [1.807, 2.05) is 13.8 Å². The number of phenolic OH excluding ortho intramolecular Hbond substituents is 1. The summed E-state index contributed by atoms with van der Waals surface area (Å²) < 4.78 is 0. The topological polar surface area (TPSA) is 69.9 Å². The van der Waals surface area contributed by atoms with Crippen LogP contribution in [0.3, 0.4) is 0 Å². The van der Waals surface area contributed by atoms with E-state index in [-0.39, 0.29) is 5.75 Å². The zero-order chi connectivity index (χ0) is 12.8. The maximum absolute atomic E-state index is 10.7. The first-order chi connectivity index (χ1) is 8.18. The maximum atomic E-state index is 10.7. The molecule has 5 heteroatoms. The predicted octanol–water partition coefficient (Wildman–Crippen LogP) is 2.37. The first kappa shape index (κ1) is 13.6. The van der Waals surface area contributed by atoms with Crippen molar-refractivity contribution in [1.82, 2.24) is 0 Å². The molecule has 1 aliphatic rings. The van der Waals surface area contributed by atoms with Crippen molar-refractivity contribution in [3.63, 3.8) is 0 Å². The minimum absolute atomic E-state index is 0.134. The quantitative estimate of drug-likeness (QED) is 0.849. The molecule has 1 heterocycles. The van der Waals surface area contributed by atoms with Crippen molar-refractivity contribution in [2.45, 2.75) is 19.9 Å². The van der Waals surface area contributed by atoms with Gasteiger partial charge in [-0.05, 0) is 12.1 Å². The molecule has 0 saturated carbocycles. The van der Waals surface area contributed by atoms with Gasteiger partial charge >= 0.3 is 5.97 Å². The van der Waals surface area contributed by atoms with E-state index in [4.69, 9.17) is 5.11 Å². The average molecular weight is 253 g/mol. The number of hydrogen-bond donors (Lipinski definition) is 2. The van der Waals surface area contributed by atoms with Gasteiger partial charge in [0.2, 0.25) is 0 Å². The van der Waals surface area contributed by atoms with E-state index in [1.54, 1.807) is 24.3 Å². The van der Waals surface area contributed by atoms with E-state index < -0.39 is 12.0 Å². The summed E-state index contributed by atoms with van der Waals surface area (Å²) in [5, 5.41) is 18.9. The molecule has 0 fully saturated rings. The molecule has 0 aromatic heterocycles. The Morgan fingerprint density at radius 3 is 2.59 bits per heavy atom. The lowest BCUT2D eigenvalue weighted by molar-refractivity contribution is -0.137. The highest BCUT2D eigenvalue weighted by molar-refractivity contribution is 8.14. The van der Waals surface area contributed by atoms with Crippen LogP contribution in [-0.2, 0) is 4.79 Å². The van der Waals surface area contributed by atoms with Gasteiger partial charge in [-0.1, -0.05) is 26.0 Å². The Balaban J connectivity index is 0.000000686. The second kappa shape index (κ2) is 6.30. The van der Waals surface area contributed by atoms with Gasteiger partial charge in [0.15, 0.2) is 6.04 Å². The van der Waals surface area contributed by atoms with Gasteiger partial charge < -0.3 is 10.2 Å². The van der Waals surface area contributed by atoms with Gasteiger partial charge in [-0.2, -0.15) is 0 Å². The van der Waals surface area contributed by atoms with E-state index in [9.17, 15) is 9.90 Å². The lowest BCUT2D eigenvalue weighted by Gasteiger charge is -2.01. The second-order valence-electron chi connectivity index (χ2n) is 3.12. The zero-order valence-electron chi connectivity index (χ0n) is 9.75. The van der Waals surface area contributed by atoms with E-state index in [1.165, 1.54) is 11.8 Å². The number of aliphatic carboxylic acids is 1. The lowest BCUT2D eigenvalue weighted by Crippen LogP contribution is -2.17. The Morgan fingerprint density at radius 2 is 2.06 bits per heavy atom. The fourth-order valence-corrected chi connectivity index (χ4v) is 2.36. The number of nitrogens with zero attached hydrogens (tertiary/aromatic N) is 1. The number of carboxylic acids is 1. The van der Waals surface area contributed by atoms with Crippen LogP contribution in [-0.4, -0.2) is 33.0 Å². The highest BCUT2D eigenvalue weighted by Gasteiger charge is 2.26. The predicted molar refractivity (Wildman–Crippen MR) is 69.9 cm³/mol. The van der Waals surface area contributed by atoms with Gasteiger partial charge in [0.1, 0.15) is 10.8 Å². The van der Waals surface area contributed by atoms with E-state index in [0.29, 0.717) is 16.4 Å². The molecule has 0 amide bonds. The van der Waals surface area contributed by atoms with Crippen LogP contribution in [0.25, 0.3) is 0 Å². The van der Waals surface area contributed by atoms with Gasteiger partial charge in [-0.15, -0.1) is 11.8 Å². The molecule has 4 nitrogen and oxygen atoms in total. The zero-order valence-corrected chi connectivity index (χ0v) is 10.6. The Morgan fingerprint density at radius 1 is 1.41 bits per heavy atom. The van der Waals surface area contributed by atoms with Gasteiger partial charge in [0.25, 0.3) is 0 Å². The third-order valence-corrected chi connectivity index (χ3v) is 3.15. The normalized spacial score (nSPS) is 18.0. The SMILES string of the molecule is CC.O=C(O)C1CSC(c2ccccc2O)=N1. The number of carbonyl (C=O) groups is 1. The van der Waals surface area contributed by atoms with Crippen molar-refractivity contribution in [3.8, 4) is 5.75 Å². The molecule has 0 aliphatic carbocycles. The molecule has 0 bridgehead atoms. The summed E-state index contributed by atoms with van der Waals surface area (Å²) in [6, 6.07) is 6.10. The molecule has 1 aromatic rings. The number of hydrogen-bond acceptors (Lipinski definition) is 4. The number of benzene rings is 1. The molecule has 1 atom stereocenters. The van der Waals surface area contributed by atoms with Crippen LogP contribution in [0, 0.1) is 0 Å². The van der Waals surface area contributed by atoms with Crippen LogP contribution in [0.2, 0.25) is 0 Å². The van der Waals surface area contributed by atoms with Crippen LogP contribution < -0.4 is 0 Å². The Bertz CT molecular complexity index is 432. The summed E-state index contributed by atoms with van der Waals surface area (Å²) in [6.07, 6.45) is 0. The van der Waals surface area contributed by atoms with Crippen molar-refractivity contribution < 1.29 is 15.0 Å². The molecule has 1 aliphatic heterocycles.